The zero-order chi connectivity index (χ0) is 10.7. The lowest BCUT2D eigenvalue weighted by Crippen LogP contribution is -2.01. The SMILES string of the molecule is COc1c(C(F)F)cnc(Br)c1CO. The summed E-state index contributed by atoms with van der Waals surface area (Å²) >= 11 is 3.04. The summed E-state index contributed by atoms with van der Waals surface area (Å²) in [4.78, 5) is 3.68. The van der Waals surface area contributed by atoms with Gasteiger partial charge in [-0.2, -0.15) is 0 Å². The van der Waals surface area contributed by atoms with E-state index < -0.39 is 13.0 Å². The van der Waals surface area contributed by atoms with Crippen molar-refractivity contribution in [1.29, 1.82) is 0 Å². The molecule has 0 saturated heterocycles. The molecule has 78 valence electrons. The molecule has 0 saturated carbocycles. The maximum absolute atomic E-state index is 12.4. The standard InChI is InChI=1S/C8H8BrF2NO2/c1-14-6-4(8(10)11)2-12-7(9)5(6)3-13/h2,8,13H,3H2,1H3. The normalized spacial score (nSPS) is 10.7. The molecule has 1 aromatic heterocycles. The first-order valence-electron chi connectivity index (χ1n) is 3.72. The third-order valence-electron chi connectivity index (χ3n) is 1.70. The quantitative estimate of drug-likeness (QED) is 0.855. The molecule has 1 N–H and O–H groups in total. The van der Waals surface area contributed by atoms with Gasteiger partial charge < -0.3 is 9.84 Å². The van der Waals surface area contributed by atoms with Crippen molar-refractivity contribution >= 4 is 15.9 Å². The van der Waals surface area contributed by atoms with Gasteiger partial charge in [-0.15, -0.1) is 0 Å². The minimum Gasteiger partial charge on any atom is -0.496 e. The largest absolute Gasteiger partial charge is 0.496 e. The molecule has 0 aromatic carbocycles. The topological polar surface area (TPSA) is 42.4 Å². The molecule has 0 aliphatic carbocycles. The predicted octanol–water partition coefficient (Wildman–Crippen LogP) is 2.28. The maximum Gasteiger partial charge on any atom is 0.268 e. The van der Waals surface area contributed by atoms with Crippen LogP contribution in [0.15, 0.2) is 10.8 Å². The zero-order valence-corrected chi connectivity index (χ0v) is 8.88. The number of rotatable bonds is 3. The molecule has 0 amide bonds. The fraction of sp³-hybridized carbons (Fsp3) is 0.375. The van der Waals surface area contributed by atoms with Crippen LogP contribution in [-0.4, -0.2) is 17.2 Å². The molecule has 1 aromatic rings. The van der Waals surface area contributed by atoms with Gasteiger partial charge in [-0.3, -0.25) is 0 Å². The van der Waals surface area contributed by atoms with Crippen molar-refractivity contribution in [2.75, 3.05) is 7.11 Å². The van der Waals surface area contributed by atoms with Gasteiger partial charge in [0.15, 0.2) is 0 Å². The monoisotopic (exact) mass is 267 g/mol. The molecule has 0 radical (unpaired) electrons. The molecule has 1 rings (SSSR count). The van der Waals surface area contributed by atoms with E-state index in [0.717, 1.165) is 6.20 Å². The fourth-order valence-electron chi connectivity index (χ4n) is 1.06. The predicted molar refractivity (Wildman–Crippen MR) is 49.4 cm³/mol. The van der Waals surface area contributed by atoms with E-state index in [9.17, 15) is 8.78 Å². The van der Waals surface area contributed by atoms with E-state index >= 15 is 0 Å². The summed E-state index contributed by atoms with van der Waals surface area (Å²) in [6.07, 6.45) is -1.65. The van der Waals surface area contributed by atoms with Gasteiger partial charge in [0.1, 0.15) is 10.4 Å². The van der Waals surface area contributed by atoms with Crippen LogP contribution >= 0.6 is 15.9 Å². The lowest BCUT2D eigenvalue weighted by molar-refractivity contribution is 0.145. The summed E-state index contributed by atoms with van der Waals surface area (Å²) in [5.74, 6) is -0.0237. The van der Waals surface area contributed by atoms with Crippen LogP contribution < -0.4 is 4.74 Å². The Hall–Kier alpha value is -0.750. The molecular weight excluding hydrogens is 260 g/mol. The first kappa shape index (κ1) is 11.3. The molecule has 0 fully saturated rings. The van der Waals surface area contributed by atoms with Crippen molar-refractivity contribution in [2.24, 2.45) is 0 Å². The van der Waals surface area contributed by atoms with E-state index in [-0.39, 0.29) is 16.9 Å². The highest BCUT2D eigenvalue weighted by Crippen LogP contribution is 2.34. The molecule has 14 heavy (non-hydrogen) atoms. The van der Waals surface area contributed by atoms with Crippen molar-refractivity contribution in [1.82, 2.24) is 4.98 Å². The van der Waals surface area contributed by atoms with Crippen LogP contribution in [0.3, 0.4) is 0 Å². The van der Waals surface area contributed by atoms with Gasteiger partial charge in [0.2, 0.25) is 0 Å². The Morgan fingerprint density at radius 2 is 2.29 bits per heavy atom. The molecule has 6 heteroatoms. The fourth-order valence-corrected chi connectivity index (χ4v) is 1.47. The van der Waals surface area contributed by atoms with E-state index in [4.69, 9.17) is 9.84 Å². The van der Waals surface area contributed by atoms with Crippen molar-refractivity contribution in [3.63, 3.8) is 0 Å². The van der Waals surface area contributed by atoms with Crippen LogP contribution in [0.2, 0.25) is 0 Å². The Kier molecular flexibility index (Phi) is 3.77. The van der Waals surface area contributed by atoms with E-state index in [1.165, 1.54) is 7.11 Å². The number of ether oxygens (including phenoxy) is 1. The van der Waals surface area contributed by atoms with Crippen LogP contribution in [0.4, 0.5) is 8.78 Å². The lowest BCUT2D eigenvalue weighted by atomic mass is 10.2. The number of aliphatic hydroxyl groups excluding tert-OH is 1. The van der Waals surface area contributed by atoms with Gasteiger partial charge in [-0.25, -0.2) is 13.8 Å². The molecule has 3 nitrogen and oxygen atoms in total. The molecule has 0 aliphatic rings. The summed E-state index contributed by atoms with van der Waals surface area (Å²) in [6, 6.07) is 0. The third kappa shape index (κ3) is 2.01. The Morgan fingerprint density at radius 1 is 1.64 bits per heavy atom. The van der Waals surface area contributed by atoms with Crippen molar-refractivity contribution in [2.45, 2.75) is 13.0 Å². The number of pyridine rings is 1. The van der Waals surface area contributed by atoms with Gasteiger partial charge in [0.25, 0.3) is 6.43 Å². The average Bonchev–Trinajstić information content (AvgIpc) is 2.16. The van der Waals surface area contributed by atoms with Gasteiger partial charge in [0.05, 0.1) is 24.8 Å². The Morgan fingerprint density at radius 3 is 2.71 bits per heavy atom. The van der Waals surface area contributed by atoms with E-state index in [0.29, 0.717) is 4.60 Å². The lowest BCUT2D eigenvalue weighted by Gasteiger charge is -2.12. The molecule has 0 atom stereocenters. The molecular formula is C8H8BrF2NO2. The first-order chi connectivity index (χ1) is 6.61. The highest BCUT2D eigenvalue weighted by atomic mass is 79.9. The van der Waals surface area contributed by atoms with Crippen LogP contribution in [0.5, 0.6) is 5.75 Å². The summed E-state index contributed by atoms with van der Waals surface area (Å²) in [5.41, 5.74) is -0.0925. The highest BCUT2D eigenvalue weighted by molar-refractivity contribution is 9.10. The van der Waals surface area contributed by atoms with Crippen LogP contribution in [0, 0.1) is 0 Å². The smallest absolute Gasteiger partial charge is 0.268 e. The summed E-state index contributed by atoms with van der Waals surface area (Å²) in [6.45, 7) is -0.405. The second kappa shape index (κ2) is 4.65. The van der Waals surface area contributed by atoms with Crippen LogP contribution in [-0.2, 0) is 6.61 Å². The highest BCUT2D eigenvalue weighted by Gasteiger charge is 2.19. The molecule has 0 unspecified atom stereocenters. The van der Waals surface area contributed by atoms with Crippen LogP contribution in [0.25, 0.3) is 0 Å². The number of aromatic nitrogens is 1. The number of hydrogen-bond donors (Lipinski definition) is 1. The minimum absolute atomic E-state index is 0.0237. The van der Waals surface area contributed by atoms with Gasteiger partial charge in [0, 0.05) is 6.20 Å². The van der Waals surface area contributed by atoms with E-state index in [1.807, 2.05) is 0 Å². The van der Waals surface area contributed by atoms with Gasteiger partial charge in [-0.1, -0.05) is 0 Å². The number of nitrogens with zero attached hydrogens (tertiary/aromatic N) is 1. The van der Waals surface area contributed by atoms with Gasteiger partial charge in [-0.05, 0) is 15.9 Å². The molecule has 0 spiro atoms. The number of halogens is 3. The van der Waals surface area contributed by atoms with Gasteiger partial charge >= 0.3 is 0 Å². The first-order valence-corrected chi connectivity index (χ1v) is 4.51. The van der Waals surface area contributed by atoms with Crippen molar-refractivity contribution in [3.8, 4) is 5.75 Å². The second-order valence-corrected chi connectivity index (χ2v) is 3.23. The molecule has 0 aliphatic heterocycles. The molecule has 1 heterocycles. The van der Waals surface area contributed by atoms with Crippen molar-refractivity contribution < 1.29 is 18.6 Å². The Labute approximate surface area is 87.9 Å². The maximum atomic E-state index is 12.4. The zero-order valence-electron chi connectivity index (χ0n) is 7.30. The number of aliphatic hydroxyl groups is 1. The summed E-state index contributed by atoms with van der Waals surface area (Å²) < 4.78 is 30.0. The number of alkyl halides is 2. The van der Waals surface area contributed by atoms with Crippen LogP contribution in [0.1, 0.15) is 17.6 Å². The van der Waals surface area contributed by atoms with Crippen molar-refractivity contribution in [3.05, 3.63) is 21.9 Å². The second-order valence-electron chi connectivity index (χ2n) is 2.47. The minimum atomic E-state index is -2.67. The number of hydrogen-bond acceptors (Lipinski definition) is 3. The Balaban J connectivity index is 3.33. The van der Waals surface area contributed by atoms with E-state index in [1.54, 1.807) is 0 Å². The number of methoxy groups -OCH3 is 1. The molecule has 0 bridgehead atoms. The van der Waals surface area contributed by atoms with E-state index in [2.05, 4.69) is 20.9 Å². The summed E-state index contributed by atoms with van der Waals surface area (Å²) in [7, 11) is 1.27. The Bertz CT molecular complexity index is 333. The average molecular weight is 268 g/mol. The summed E-state index contributed by atoms with van der Waals surface area (Å²) in [5, 5.41) is 8.94. The third-order valence-corrected chi connectivity index (χ3v) is 2.38.